The number of piperidine rings is 4. The summed E-state index contributed by atoms with van der Waals surface area (Å²) in [6.07, 6.45) is 8.64. The molecule has 4 aliphatic rings. The van der Waals surface area contributed by atoms with E-state index < -0.39 is 0 Å². The molecule has 4 atom stereocenters. The Balaban J connectivity index is 0.00000110. The van der Waals surface area contributed by atoms with Gasteiger partial charge in [-0.1, -0.05) is 0 Å². The van der Waals surface area contributed by atoms with Crippen LogP contribution in [0, 0.1) is 11.8 Å². The van der Waals surface area contributed by atoms with Gasteiger partial charge in [0.05, 0.1) is 0 Å². The summed E-state index contributed by atoms with van der Waals surface area (Å²) in [6.45, 7) is 3.71. The second-order valence-electron chi connectivity index (χ2n) is 6.74. The van der Waals surface area contributed by atoms with E-state index in [0.29, 0.717) is 11.9 Å². The molecule has 1 amide bonds. The van der Waals surface area contributed by atoms with Crippen LogP contribution in [0.5, 0.6) is 0 Å². The van der Waals surface area contributed by atoms with Gasteiger partial charge in [0.1, 0.15) is 0 Å². The zero-order valence-electron chi connectivity index (χ0n) is 11.7. The zero-order chi connectivity index (χ0) is 12.1. The zero-order valence-corrected chi connectivity index (χ0v) is 11.7. The lowest BCUT2D eigenvalue weighted by Crippen LogP contribution is -2.66. The Bertz CT molecular complexity index is 358. The van der Waals surface area contributed by atoms with Crippen LogP contribution in [-0.4, -0.2) is 52.9 Å². The fourth-order valence-electron chi connectivity index (χ4n) is 5.26. The van der Waals surface area contributed by atoms with E-state index in [1.54, 1.807) is 0 Å². The van der Waals surface area contributed by atoms with Gasteiger partial charge in [-0.25, -0.2) is 0 Å². The Morgan fingerprint density at radius 2 is 1.79 bits per heavy atom. The Labute approximate surface area is 115 Å². The van der Waals surface area contributed by atoms with E-state index in [4.69, 9.17) is 0 Å². The number of amides is 1. The molecule has 0 spiro atoms. The van der Waals surface area contributed by atoms with Gasteiger partial charge in [0.2, 0.25) is 5.91 Å². The topological polar surface area (TPSA) is 55.1 Å². The number of rotatable bonds is 0. The SMILES string of the molecule is O.O=C1CCC[C@@H]2[C@H]3CCCN4CCC[C@H](CN12)[C@@H]34. The van der Waals surface area contributed by atoms with Crippen molar-refractivity contribution in [2.24, 2.45) is 11.8 Å². The highest BCUT2D eigenvalue weighted by molar-refractivity contribution is 5.77. The lowest BCUT2D eigenvalue weighted by Gasteiger charge is -2.58. The van der Waals surface area contributed by atoms with Crippen LogP contribution < -0.4 is 0 Å². The van der Waals surface area contributed by atoms with Crippen LogP contribution in [0.25, 0.3) is 0 Å². The lowest BCUT2D eigenvalue weighted by atomic mass is 9.68. The molecular weight excluding hydrogens is 240 g/mol. The van der Waals surface area contributed by atoms with Crippen LogP contribution in [-0.2, 0) is 4.79 Å². The molecule has 4 aliphatic heterocycles. The van der Waals surface area contributed by atoms with Crippen LogP contribution in [0.1, 0.15) is 44.9 Å². The molecule has 0 aromatic carbocycles. The predicted octanol–water partition coefficient (Wildman–Crippen LogP) is 1.05. The fourth-order valence-corrected chi connectivity index (χ4v) is 5.26. The third-order valence-corrected chi connectivity index (χ3v) is 5.88. The molecule has 108 valence electrons. The molecule has 4 heteroatoms. The van der Waals surface area contributed by atoms with Gasteiger partial charge in [-0.05, 0) is 63.5 Å². The summed E-state index contributed by atoms with van der Waals surface area (Å²) in [6, 6.07) is 1.41. The third-order valence-electron chi connectivity index (χ3n) is 5.88. The second-order valence-corrected chi connectivity index (χ2v) is 6.74. The molecule has 0 radical (unpaired) electrons. The predicted molar refractivity (Wildman–Crippen MR) is 73.8 cm³/mol. The van der Waals surface area contributed by atoms with E-state index in [2.05, 4.69) is 9.80 Å². The standard InChI is InChI=1S/C15H24N2O.H2O/c18-14-7-1-6-13-12-5-3-9-16-8-2-4-11(15(12)16)10-17(13)14;/h11-13,15H,1-10H2;1H2/t11-,12-,13-,15+;/m1./s1. The number of hydrogen-bond acceptors (Lipinski definition) is 2. The van der Waals surface area contributed by atoms with Crippen molar-refractivity contribution in [2.45, 2.75) is 57.0 Å². The van der Waals surface area contributed by atoms with Crippen LogP contribution >= 0.6 is 0 Å². The highest BCUT2D eigenvalue weighted by atomic mass is 16.2. The minimum Gasteiger partial charge on any atom is -0.412 e. The minimum atomic E-state index is 0. The summed E-state index contributed by atoms with van der Waals surface area (Å²) < 4.78 is 0. The van der Waals surface area contributed by atoms with E-state index in [1.165, 1.54) is 45.2 Å². The largest absolute Gasteiger partial charge is 0.412 e. The maximum absolute atomic E-state index is 12.2. The minimum absolute atomic E-state index is 0. The van der Waals surface area contributed by atoms with Gasteiger partial charge in [0.15, 0.2) is 0 Å². The summed E-state index contributed by atoms with van der Waals surface area (Å²) in [5.41, 5.74) is 0. The van der Waals surface area contributed by atoms with Gasteiger partial charge in [-0.15, -0.1) is 0 Å². The number of hydrogen-bond donors (Lipinski definition) is 0. The molecule has 4 heterocycles. The van der Waals surface area contributed by atoms with Crippen LogP contribution in [0.3, 0.4) is 0 Å². The van der Waals surface area contributed by atoms with Crippen molar-refractivity contribution in [3.8, 4) is 0 Å². The van der Waals surface area contributed by atoms with E-state index in [0.717, 1.165) is 37.3 Å². The van der Waals surface area contributed by atoms with Crippen molar-refractivity contribution in [3.63, 3.8) is 0 Å². The van der Waals surface area contributed by atoms with Crippen LogP contribution in [0.4, 0.5) is 0 Å². The number of fused-ring (bicyclic) bond motifs is 2. The molecule has 0 bridgehead atoms. The van der Waals surface area contributed by atoms with E-state index in [9.17, 15) is 4.79 Å². The van der Waals surface area contributed by atoms with Crippen molar-refractivity contribution in [1.82, 2.24) is 9.80 Å². The lowest BCUT2D eigenvalue weighted by molar-refractivity contribution is -0.150. The van der Waals surface area contributed by atoms with Crippen molar-refractivity contribution in [1.29, 1.82) is 0 Å². The van der Waals surface area contributed by atoms with Gasteiger partial charge in [-0.2, -0.15) is 0 Å². The first-order chi connectivity index (χ1) is 8.84. The van der Waals surface area contributed by atoms with Gasteiger partial charge in [-0.3, -0.25) is 9.69 Å². The van der Waals surface area contributed by atoms with E-state index >= 15 is 0 Å². The molecule has 4 nitrogen and oxygen atoms in total. The Kier molecular flexibility index (Phi) is 3.56. The summed E-state index contributed by atoms with van der Waals surface area (Å²) in [5.74, 6) is 2.02. The van der Waals surface area contributed by atoms with Gasteiger partial charge in [0, 0.05) is 25.0 Å². The first-order valence-electron chi connectivity index (χ1n) is 7.88. The average Bonchev–Trinajstić information content (AvgIpc) is 2.41. The Morgan fingerprint density at radius 1 is 1.00 bits per heavy atom. The number of carbonyl (C=O) groups is 1. The van der Waals surface area contributed by atoms with Gasteiger partial charge < -0.3 is 10.4 Å². The monoisotopic (exact) mass is 266 g/mol. The van der Waals surface area contributed by atoms with E-state index in [1.807, 2.05) is 0 Å². The van der Waals surface area contributed by atoms with Crippen LogP contribution in [0.2, 0.25) is 0 Å². The molecule has 0 unspecified atom stereocenters. The molecular formula is C15H26N2O2. The van der Waals surface area contributed by atoms with Crippen molar-refractivity contribution >= 4 is 5.91 Å². The quantitative estimate of drug-likeness (QED) is 0.658. The Morgan fingerprint density at radius 3 is 2.63 bits per heavy atom. The van der Waals surface area contributed by atoms with Gasteiger partial charge >= 0.3 is 0 Å². The third kappa shape index (κ3) is 2.00. The molecule has 0 aromatic heterocycles. The van der Waals surface area contributed by atoms with Crippen molar-refractivity contribution < 1.29 is 10.3 Å². The van der Waals surface area contributed by atoms with Crippen LogP contribution in [0.15, 0.2) is 0 Å². The molecule has 4 rings (SSSR count). The fraction of sp³-hybridized carbons (Fsp3) is 0.933. The first kappa shape index (κ1) is 13.4. The maximum Gasteiger partial charge on any atom is 0.222 e. The molecule has 19 heavy (non-hydrogen) atoms. The smallest absolute Gasteiger partial charge is 0.222 e. The average molecular weight is 266 g/mol. The molecule has 4 fully saturated rings. The number of nitrogens with zero attached hydrogens (tertiary/aromatic N) is 2. The summed E-state index contributed by atoms with van der Waals surface area (Å²) in [5, 5.41) is 0. The summed E-state index contributed by atoms with van der Waals surface area (Å²) in [4.78, 5) is 17.2. The highest BCUT2D eigenvalue weighted by Crippen LogP contribution is 2.44. The normalized spacial score (nSPS) is 42.1. The number of carbonyl (C=O) groups excluding carboxylic acids is 1. The summed E-state index contributed by atoms with van der Waals surface area (Å²) >= 11 is 0. The molecule has 0 aliphatic carbocycles. The second kappa shape index (κ2) is 5.06. The first-order valence-corrected chi connectivity index (χ1v) is 7.88. The Hall–Kier alpha value is -0.610. The van der Waals surface area contributed by atoms with E-state index in [-0.39, 0.29) is 5.48 Å². The van der Waals surface area contributed by atoms with Crippen molar-refractivity contribution in [3.05, 3.63) is 0 Å². The highest BCUT2D eigenvalue weighted by Gasteiger charge is 2.50. The maximum atomic E-state index is 12.2. The molecule has 4 saturated heterocycles. The molecule has 0 aromatic rings. The summed E-state index contributed by atoms with van der Waals surface area (Å²) in [7, 11) is 0. The molecule has 2 N–H and O–H groups in total. The van der Waals surface area contributed by atoms with Crippen molar-refractivity contribution in [2.75, 3.05) is 19.6 Å². The molecule has 0 saturated carbocycles. The van der Waals surface area contributed by atoms with Gasteiger partial charge in [0.25, 0.3) is 0 Å².